The van der Waals surface area contributed by atoms with Crippen molar-refractivity contribution in [2.75, 3.05) is 0 Å². The first kappa shape index (κ1) is 12.8. The van der Waals surface area contributed by atoms with Crippen molar-refractivity contribution in [2.45, 2.75) is 26.3 Å². The van der Waals surface area contributed by atoms with Gasteiger partial charge in [-0.2, -0.15) is 0 Å². The number of aryl methyl sites for hydroxylation is 2. The van der Waals surface area contributed by atoms with Crippen molar-refractivity contribution in [3.8, 4) is 0 Å². The maximum absolute atomic E-state index is 13.0. The summed E-state index contributed by atoms with van der Waals surface area (Å²) in [5.41, 5.74) is 5.77. The molecule has 1 unspecified atom stereocenters. The molecule has 0 fully saturated rings. The van der Waals surface area contributed by atoms with Crippen LogP contribution in [0, 0.1) is 19.7 Å². The van der Waals surface area contributed by atoms with Crippen LogP contribution in [0.15, 0.2) is 34.9 Å². The molecule has 0 amide bonds. The molecule has 0 saturated heterocycles. The van der Waals surface area contributed by atoms with Crippen molar-refractivity contribution in [2.24, 2.45) is 5.84 Å². The van der Waals surface area contributed by atoms with Crippen LogP contribution in [-0.2, 0) is 6.42 Å². The van der Waals surface area contributed by atoms with Gasteiger partial charge in [0.2, 0.25) is 0 Å². The lowest BCUT2D eigenvalue weighted by atomic mass is 9.98. The normalized spacial score (nSPS) is 12.7. The van der Waals surface area contributed by atoms with Crippen molar-refractivity contribution in [1.82, 2.24) is 5.43 Å². The monoisotopic (exact) mass is 248 g/mol. The van der Waals surface area contributed by atoms with Crippen molar-refractivity contribution >= 4 is 0 Å². The van der Waals surface area contributed by atoms with Crippen LogP contribution in [0.1, 0.15) is 28.5 Å². The summed E-state index contributed by atoms with van der Waals surface area (Å²) < 4.78 is 18.5. The Balaban J connectivity index is 2.23. The summed E-state index contributed by atoms with van der Waals surface area (Å²) in [5, 5.41) is 0. The lowest BCUT2D eigenvalue weighted by Gasteiger charge is -2.16. The predicted octanol–water partition coefficient (Wildman–Crippen LogP) is 2.78. The maximum Gasteiger partial charge on any atom is 0.125 e. The largest absolute Gasteiger partial charge is 0.467 e. The predicted molar refractivity (Wildman–Crippen MR) is 68.4 cm³/mol. The quantitative estimate of drug-likeness (QED) is 0.646. The molecule has 0 bridgehead atoms. The van der Waals surface area contributed by atoms with Crippen molar-refractivity contribution in [3.63, 3.8) is 0 Å². The first-order valence-corrected chi connectivity index (χ1v) is 5.87. The molecule has 0 saturated carbocycles. The molecule has 0 spiro atoms. The molecular formula is C14H17FN2O. The number of hydrogen-bond donors (Lipinski definition) is 2. The third-order valence-electron chi connectivity index (χ3n) is 3.15. The Hall–Kier alpha value is -1.65. The van der Waals surface area contributed by atoms with Crippen LogP contribution in [0.2, 0.25) is 0 Å². The Morgan fingerprint density at radius 2 is 2.06 bits per heavy atom. The summed E-state index contributed by atoms with van der Waals surface area (Å²) in [6, 6.07) is 6.57. The van der Waals surface area contributed by atoms with E-state index < -0.39 is 0 Å². The number of nitrogens with one attached hydrogen (secondary N) is 1. The van der Waals surface area contributed by atoms with Gasteiger partial charge in [0.1, 0.15) is 11.6 Å². The van der Waals surface area contributed by atoms with Crippen molar-refractivity contribution in [3.05, 3.63) is 58.8 Å². The molecule has 2 rings (SSSR count). The lowest BCUT2D eigenvalue weighted by molar-refractivity contribution is 0.413. The van der Waals surface area contributed by atoms with Gasteiger partial charge in [0, 0.05) is 0 Å². The van der Waals surface area contributed by atoms with Crippen molar-refractivity contribution < 1.29 is 8.81 Å². The van der Waals surface area contributed by atoms with E-state index >= 15 is 0 Å². The van der Waals surface area contributed by atoms with Gasteiger partial charge >= 0.3 is 0 Å². The van der Waals surface area contributed by atoms with Crippen LogP contribution in [0.5, 0.6) is 0 Å². The first-order valence-electron chi connectivity index (χ1n) is 5.87. The average Bonchev–Trinajstić information content (AvgIpc) is 2.75. The van der Waals surface area contributed by atoms with Gasteiger partial charge in [-0.15, -0.1) is 0 Å². The molecule has 2 aromatic rings. The summed E-state index contributed by atoms with van der Waals surface area (Å²) >= 11 is 0. The Kier molecular flexibility index (Phi) is 3.79. The Labute approximate surface area is 106 Å². The van der Waals surface area contributed by atoms with Crippen LogP contribution in [0.25, 0.3) is 0 Å². The number of hydrazine groups is 1. The van der Waals surface area contributed by atoms with E-state index in [4.69, 9.17) is 10.3 Å². The highest BCUT2D eigenvalue weighted by Crippen LogP contribution is 2.23. The fourth-order valence-electron chi connectivity index (χ4n) is 2.08. The maximum atomic E-state index is 13.0. The van der Waals surface area contributed by atoms with E-state index in [1.165, 1.54) is 12.1 Å². The molecule has 3 nitrogen and oxygen atoms in total. The minimum absolute atomic E-state index is 0.107. The minimum Gasteiger partial charge on any atom is -0.467 e. The molecule has 18 heavy (non-hydrogen) atoms. The van der Waals surface area contributed by atoms with Gasteiger partial charge in [0.15, 0.2) is 0 Å². The molecular weight excluding hydrogens is 231 g/mol. The van der Waals surface area contributed by atoms with E-state index in [0.29, 0.717) is 6.42 Å². The van der Waals surface area contributed by atoms with Gasteiger partial charge in [0.05, 0.1) is 12.3 Å². The van der Waals surface area contributed by atoms with Gasteiger partial charge < -0.3 is 4.42 Å². The van der Waals surface area contributed by atoms with Crippen LogP contribution < -0.4 is 11.3 Å². The van der Waals surface area contributed by atoms with E-state index in [-0.39, 0.29) is 11.9 Å². The zero-order valence-electron chi connectivity index (χ0n) is 10.5. The number of hydrogen-bond acceptors (Lipinski definition) is 3. The number of benzene rings is 1. The molecule has 0 aliphatic heterocycles. The molecule has 4 heteroatoms. The second-order valence-corrected chi connectivity index (χ2v) is 4.46. The van der Waals surface area contributed by atoms with Gasteiger partial charge in [-0.25, -0.2) is 9.82 Å². The van der Waals surface area contributed by atoms with Gasteiger partial charge in [-0.1, -0.05) is 6.07 Å². The molecule has 96 valence electrons. The number of rotatable bonds is 4. The van der Waals surface area contributed by atoms with E-state index in [9.17, 15) is 4.39 Å². The van der Waals surface area contributed by atoms with E-state index in [0.717, 1.165) is 22.5 Å². The highest BCUT2D eigenvalue weighted by molar-refractivity contribution is 5.29. The molecule has 3 N–H and O–H groups in total. The molecule has 1 aromatic carbocycles. The number of halogens is 1. The highest BCUT2D eigenvalue weighted by atomic mass is 19.1. The molecule has 1 atom stereocenters. The number of nitrogens with two attached hydrogens (primary N) is 1. The molecule has 0 aliphatic carbocycles. The minimum atomic E-state index is -0.220. The lowest BCUT2D eigenvalue weighted by Crippen LogP contribution is -2.29. The molecule has 0 radical (unpaired) electrons. The third-order valence-corrected chi connectivity index (χ3v) is 3.15. The first-order chi connectivity index (χ1) is 8.61. The summed E-state index contributed by atoms with van der Waals surface area (Å²) in [7, 11) is 0. The highest BCUT2D eigenvalue weighted by Gasteiger charge is 2.17. The standard InChI is InChI=1S/C14H17FN2O/c1-9-5-6-18-14(9)13(17-16)8-11-3-4-12(15)7-10(11)2/h3-7,13,17H,8,16H2,1-2H3. The fourth-order valence-corrected chi connectivity index (χ4v) is 2.08. The summed E-state index contributed by atoms with van der Waals surface area (Å²) in [5.74, 6) is 6.18. The summed E-state index contributed by atoms with van der Waals surface area (Å²) in [6.07, 6.45) is 2.31. The van der Waals surface area contributed by atoms with Gasteiger partial charge in [-0.05, 0) is 55.2 Å². The van der Waals surface area contributed by atoms with Crippen LogP contribution in [0.3, 0.4) is 0 Å². The smallest absolute Gasteiger partial charge is 0.125 e. The van der Waals surface area contributed by atoms with Crippen LogP contribution >= 0.6 is 0 Å². The summed E-state index contributed by atoms with van der Waals surface area (Å²) in [6.45, 7) is 3.86. The van der Waals surface area contributed by atoms with E-state index in [1.807, 2.05) is 19.9 Å². The SMILES string of the molecule is Cc1cc(F)ccc1CC(NN)c1occc1C. The average molecular weight is 248 g/mol. The summed E-state index contributed by atoms with van der Waals surface area (Å²) in [4.78, 5) is 0. The van der Waals surface area contributed by atoms with Crippen LogP contribution in [-0.4, -0.2) is 0 Å². The topological polar surface area (TPSA) is 51.2 Å². The second-order valence-electron chi connectivity index (χ2n) is 4.46. The zero-order chi connectivity index (χ0) is 13.1. The Bertz CT molecular complexity index is 536. The number of furan rings is 1. The second kappa shape index (κ2) is 5.33. The fraction of sp³-hybridized carbons (Fsp3) is 0.286. The Morgan fingerprint density at radius 3 is 2.61 bits per heavy atom. The van der Waals surface area contributed by atoms with Crippen molar-refractivity contribution in [1.29, 1.82) is 0 Å². The van der Waals surface area contributed by atoms with E-state index in [1.54, 1.807) is 12.3 Å². The third kappa shape index (κ3) is 2.60. The van der Waals surface area contributed by atoms with E-state index in [2.05, 4.69) is 5.43 Å². The molecule has 1 aromatic heterocycles. The zero-order valence-corrected chi connectivity index (χ0v) is 10.5. The van der Waals surface area contributed by atoms with Gasteiger partial charge in [0.25, 0.3) is 0 Å². The van der Waals surface area contributed by atoms with Gasteiger partial charge in [-0.3, -0.25) is 5.84 Å². The van der Waals surface area contributed by atoms with Crippen LogP contribution in [0.4, 0.5) is 4.39 Å². The Morgan fingerprint density at radius 1 is 1.28 bits per heavy atom. The molecule has 0 aliphatic rings. The molecule has 1 heterocycles.